The van der Waals surface area contributed by atoms with Crippen LogP contribution < -0.4 is 5.32 Å². The summed E-state index contributed by atoms with van der Waals surface area (Å²) in [6.45, 7) is 1.14. The highest BCUT2D eigenvalue weighted by Gasteiger charge is 2.38. The number of aliphatic imine (C=N–C) groups is 1. The molecule has 4 aromatic carbocycles. The average molecular weight is 805 g/mol. The highest BCUT2D eigenvalue weighted by atomic mass is 17.2. The van der Waals surface area contributed by atoms with Crippen molar-refractivity contribution in [2.24, 2.45) is 4.99 Å². The van der Waals surface area contributed by atoms with E-state index in [4.69, 9.17) is 19.6 Å². The van der Waals surface area contributed by atoms with E-state index in [2.05, 4.69) is 37.0 Å². The molecule has 3 amide bonds. The summed E-state index contributed by atoms with van der Waals surface area (Å²) in [7, 11) is 2.66. The summed E-state index contributed by atoms with van der Waals surface area (Å²) in [5, 5.41) is 2.71. The number of imidazole rings is 2. The van der Waals surface area contributed by atoms with Crippen LogP contribution in [0.2, 0.25) is 0 Å². The quantitative estimate of drug-likeness (QED) is 0.0409. The van der Waals surface area contributed by atoms with Crippen molar-refractivity contribution in [2.75, 3.05) is 27.3 Å². The number of alkyl carbamates (subject to hydrolysis) is 1. The lowest BCUT2D eigenvalue weighted by Gasteiger charge is -2.28. The lowest BCUT2D eigenvalue weighted by atomic mass is 10.1. The zero-order chi connectivity index (χ0) is 41.4. The van der Waals surface area contributed by atoms with E-state index in [0.29, 0.717) is 24.5 Å². The number of ether oxygens (including phenoxy) is 1. The highest BCUT2D eigenvalue weighted by molar-refractivity contribution is 5.88. The Bertz CT molecular complexity index is 2540. The number of amides is 3. The summed E-state index contributed by atoms with van der Waals surface area (Å²) in [4.78, 5) is 74.1. The van der Waals surface area contributed by atoms with E-state index < -0.39 is 18.2 Å². The Morgan fingerprint density at radius 2 is 1.45 bits per heavy atom. The normalized spacial score (nSPS) is 17.3. The van der Waals surface area contributed by atoms with Crippen LogP contribution in [-0.2, 0) is 24.1 Å². The van der Waals surface area contributed by atoms with Gasteiger partial charge in [0.2, 0.25) is 6.40 Å². The number of rotatable bonds is 11. The molecule has 2 fully saturated rings. The average Bonchev–Trinajstić information content (AvgIpc) is 4.13. The van der Waals surface area contributed by atoms with Crippen LogP contribution in [0.25, 0.3) is 22.3 Å². The maximum absolute atomic E-state index is 13.9. The van der Waals surface area contributed by atoms with Crippen LogP contribution in [0.5, 0.6) is 0 Å². The van der Waals surface area contributed by atoms with Gasteiger partial charge in [0, 0.05) is 36.0 Å². The van der Waals surface area contributed by atoms with Crippen molar-refractivity contribution >= 4 is 35.3 Å². The molecule has 14 heteroatoms. The molecule has 0 radical (unpaired) electrons. The molecule has 60 heavy (non-hydrogen) atoms. The first-order valence-electron chi connectivity index (χ1n) is 19.8. The Morgan fingerprint density at radius 3 is 2.15 bits per heavy atom. The van der Waals surface area contributed by atoms with E-state index in [-0.39, 0.29) is 23.9 Å². The number of aromatic nitrogens is 4. The number of likely N-dealkylation sites (tertiary alicyclic amines) is 2. The van der Waals surface area contributed by atoms with Gasteiger partial charge in [-0.15, -0.1) is 0 Å². The first-order chi connectivity index (χ1) is 29.4. The second kappa shape index (κ2) is 18.1. The number of methoxy groups -OCH3 is 1. The smallest absolute Gasteiger partial charge is 0.407 e. The number of hydrogen-bond donors (Lipinski definition) is 3. The van der Waals surface area contributed by atoms with Gasteiger partial charge < -0.3 is 34.7 Å². The molecule has 2 saturated heterocycles. The van der Waals surface area contributed by atoms with Gasteiger partial charge in [0.1, 0.15) is 17.7 Å². The fraction of sp³-hybridized carbons (Fsp3) is 0.261. The number of fused-ring (bicyclic) bond motifs is 1. The molecule has 3 N–H and O–H groups in total. The van der Waals surface area contributed by atoms with Gasteiger partial charge in [0.15, 0.2) is 6.04 Å². The Kier molecular flexibility index (Phi) is 12.0. The number of hydrogen-bond acceptors (Lipinski definition) is 9. The topological polar surface area (TPSA) is 167 Å². The second-order valence-electron chi connectivity index (χ2n) is 14.5. The molecule has 0 unspecified atom stereocenters. The van der Waals surface area contributed by atoms with Crippen molar-refractivity contribution < 1.29 is 28.9 Å². The molecule has 2 aliphatic heterocycles. The molecule has 0 saturated carbocycles. The zero-order valence-corrected chi connectivity index (χ0v) is 33.2. The first kappa shape index (κ1) is 39.6. The van der Waals surface area contributed by atoms with Gasteiger partial charge in [0.05, 0.1) is 43.0 Å². The minimum atomic E-state index is -0.885. The standard InChI is InChI=1S/C46H44N8O6/c1-58-46(57)52-41(34-13-7-4-8-14-34)45(56)53-25-9-15-38(53)42-47-28-37(51-42)32-22-19-30(20-23-32)17-18-31-21-24-35-36(27-31)50-43(49-35)39-16-10-26-54(39)44(55)40(48-29-60-59-2)33-11-5-3-6-12-33/h3-8,11-14,19-24,27-29,38-41H,9-10,15-16,25-26H2,1-2H3,(H,47,51)(H,49,50)(H,52,57)/b48-29-/t38-,39-,40+,41+/m0/s1. The van der Waals surface area contributed by atoms with E-state index in [1.807, 2.05) is 114 Å². The number of H-pyrrole nitrogens is 2. The van der Waals surface area contributed by atoms with Gasteiger partial charge in [0.25, 0.3) is 11.8 Å². The zero-order valence-electron chi connectivity index (χ0n) is 33.2. The van der Waals surface area contributed by atoms with Gasteiger partial charge >= 0.3 is 6.09 Å². The highest BCUT2D eigenvalue weighted by Crippen LogP contribution is 2.36. The Labute approximate surface area is 346 Å². The van der Waals surface area contributed by atoms with E-state index in [9.17, 15) is 14.4 Å². The van der Waals surface area contributed by atoms with Crippen molar-refractivity contribution in [3.8, 4) is 23.1 Å². The molecule has 2 aliphatic rings. The molecule has 2 aromatic heterocycles. The molecular weight excluding hydrogens is 761 g/mol. The van der Waals surface area contributed by atoms with Gasteiger partial charge in [-0.3, -0.25) is 9.59 Å². The third kappa shape index (κ3) is 8.62. The molecule has 0 bridgehead atoms. The summed E-state index contributed by atoms with van der Waals surface area (Å²) in [5.74, 6) is 7.58. The SMILES string of the molecule is COO/C=N\[C@@H](C(=O)N1CCC[C@H]1c1nc2cc(C#Cc3ccc(-c4c[nH]c([C@@H]5CCCN5C(=O)[C@H](NC(=O)OC)c5ccccc5)n4)cc3)ccc2[nH]1)c1ccccc1. The molecule has 4 atom stereocenters. The molecule has 304 valence electrons. The van der Waals surface area contributed by atoms with Crippen LogP contribution in [-0.4, -0.2) is 81.4 Å². The molecule has 4 heterocycles. The number of aromatic amines is 2. The summed E-state index contributed by atoms with van der Waals surface area (Å²) in [5.41, 5.74) is 6.37. The van der Waals surface area contributed by atoms with Gasteiger partial charge in [-0.2, -0.15) is 4.89 Å². The monoisotopic (exact) mass is 804 g/mol. The third-order valence-corrected chi connectivity index (χ3v) is 10.9. The molecule has 0 spiro atoms. The Hall–Kier alpha value is -7.24. The maximum Gasteiger partial charge on any atom is 0.407 e. The van der Waals surface area contributed by atoms with Crippen LogP contribution in [0.3, 0.4) is 0 Å². The molecule has 6 aromatic rings. The molecule has 8 rings (SSSR count). The summed E-state index contributed by atoms with van der Waals surface area (Å²) < 4.78 is 4.82. The van der Waals surface area contributed by atoms with E-state index >= 15 is 0 Å². The minimum absolute atomic E-state index is 0.138. The van der Waals surface area contributed by atoms with Crippen molar-refractivity contribution in [1.82, 2.24) is 35.1 Å². The van der Waals surface area contributed by atoms with Crippen molar-refractivity contribution in [2.45, 2.75) is 49.9 Å². The van der Waals surface area contributed by atoms with E-state index in [1.54, 1.807) is 4.90 Å². The van der Waals surface area contributed by atoms with Crippen LogP contribution in [0.4, 0.5) is 4.79 Å². The van der Waals surface area contributed by atoms with Crippen LogP contribution in [0.1, 0.15) is 83.8 Å². The van der Waals surface area contributed by atoms with E-state index in [1.165, 1.54) is 14.2 Å². The molecular formula is C46H44N8O6. The maximum atomic E-state index is 13.9. The van der Waals surface area contributed by atoms with Crippen LogP contribution >= 0.6 is 0 Å². The number of carbonyl (C=O) groups excluding carboxylic acids is 3. The van der Waals surface area contributed by atoms with Crippen molar-refractivity contribution in [1.29, 1.82) is 0 Å². The van der Waals surface area contributed by atoms with Gasteiger partial charge in [-0.25, -0.2) is 19.8 Å². The first-order valence-corrected chi connectivity index (χ1v) is 19.8. The number of nitrogens with zero attached hydrogens (tertiary/aromatic N) is 5. The fourth-order valence-corrected chi connectivity index (χ4v) is 7.90. The fourth-order valence-electron chi connectivity index (χ4n) is 7.90. The van der Waals surface area contributed by atoms with Crippen LogP contribution in [0, 0.1) is 11.8 Å². The molecule has 0 aliphatic carbocycles. The van der Waals surface area contributed by atoms with Gasteiger partial charge in [-0.05, 0) is 67.1 Å². The van der Waals surface area contributed by atoms with E-state index in [0.717, 1.165) is 76.9 Å². The van der Waals surface area contributed by atoms with Gasteiger partial charge in [-0.1, -0.05) is 84.6 Å². The lowest BCUT2D eigenvalue weighted by molar-refractivity contribution is -0.188. The second-order valence-corrected chi connectivity index (χ2v) is 14.5. The number of carbonyl (C=O) groups is 3. The molecule has 14 nitrogen and oxygen atoms in total. The minimum Gasteiger partial charge on any atom is -0.453 e. The van der Waals surface area contributed by atoms with Crippen molar-refractivity contribution in [3.05, 3.63) is 143 Å². The largest absolute Gasteiger partial charge is 0.453 e. The number of nitrogens with one attached hydrogen (secondary N) is 3. The summed E-state index contributed by atoms with van der Waals surface area (Å²) in [6.07, 6.45) is 5.50. The van der Waals surface area contributed by atoms with Crippen LogP contribution in [0.15, 0.2) is 114 Å². The predicted octanol–water partition coefficient (Wildman–Crippen LogP) is 7.12. The summed E-state index contributed by atoms with van der Waals surface area (Å²) in [6, 6.07) is 30.1. The predicted molar refractivity (Wildman–Crippen MR) is 224 cm³/mol. The Morgan fingerprint density at radius 1 is 0.800 bits per heavy atom. The number of benzene rings is 4. The third-order valence-electron chi connectivity index (χ3n) is 10.9. The summed E-state index contributed by atoms with van der Waals surface area (Å²) >= 11 is 0. The lowest BCUT2D eigenvalue weighted by Crippen LogP contribution is -2.42. The Balaban J connectivity index is 0.939. The van der Waals surface area contributed by atoms with Crippen molar-refractivity contribution in [3.63, 3.8) is 0 Å².